The van der Waals surface area contributed by atoms with Crippen LogP contribution in [0.25, 0.3) is 0 Å². The molecule has 1 unspecified atom stereocenters. The quantitative estimate of drug-likeness (QED) is 0.631. The van der Waals surface area contributed by atoms with Crippen LogP contribution in [0.5, 0.6) is 0 Å². The summed E-state index contributed by atoms with van der Waals surface area (Å²) in [6.45, 7) is 3.41. The fourth-order valence-corrected chi connectivity index (χ4v) is 3.22. The van der Waals surface area contributed by atoms with Gasteiger partial charge in [0.25, 0.3) is 0 Å². The Balaban J connectivity index is 1.66. The van der Waals surface area contributed by atoms with Crippen molar-refractivity contribution in [2.45, 2.75) is 30.7 Å². The molecule has 0 aliphatic heterocycles. The molecule has 1 atom stereocenters. The Morgan fingerprint density at radius 1 is 1.44 bits per heavy atom. The molecule has 1 N–H and O–H groups in total. The van der Waals surface area contributed by atoms with Crippen LogP contribution in [0.3, 0.4) is 0 Å². The van der Waals surface area contributed by atoms with E-state index in [1.165, 1.54) is 22.2 Å². The van der Waals surface area contributed by atoms with Gasteiger partial charge in [-0.15, -0.1) is 11.8 Å². The molecule has 0 spiro atoms. The van der Waals surface area contributed by atoms with Gasteiger partial charge >= 0.3 is 0 Å². The number of thioether (sulfide) groups is 1. The normalized spacial score (nSPS) is 17.4. The summed E-state index contributed by atoms with van der Waals surface area (Å²) >= 11 is 5.48. The minimum Gasteiger partial charge on any atom is -0.313 e. The van der Waals surface area contributed by atoms with E-state index >= 15 is 0 Å². The standard InChI is InChI=1S/C13H18BrNS/c1-10(11-6-7-11)15-8-9-16-13-5-3-2-4-12(13)14/h2-5,10-11,15H,6-9H2,1H3. The van der Waals surface area contributed by atoms with Gasteiger partial charge in [-0.05, 0) is 53.7 Å². The molecule has 2 rings (SSSR count). The van der Waals surface area contributed by atoms with E-state index in [0.717, 1.165) is 18.2 Å². The third-order valence-electron chi connectivity index (χ3n) is 2.99. The minimum absolute atomic E-state index is 0.708. The first-order valence-electron chi connectivity index (χ1n) is 5.88. The van der Waals surface area contributed by atoms with E-state index in [1.807, 2.05) is 11.8 Å². The summed E-state index contributed by atoms with van der Waals surface area (Å²) in [5.41, 5.74) is 0. The summed E-state index contributed by atoms with van der Waals surface area (Å²) in [4.78, 5) is 1.34. The molecule has 0 heterocycles. The van der Waals surface area contributed by atoms with Gasteiger partial charge in [-0.3, -0.25) is 0 Å². The van der Waals surface area contributed by atoms with Crippen molar-refractivity contribution in [1.82, 2.24) is 5.32 Å². The number of hydrogen-bond donors (Lipinski definition) is 1. The highest BCUT2D eigenvalue weighted by Crippen LogP contribution is 2.32. The molecule has 0 bridgehead atoms. The second-order valence-electron chi connectivity index (χ2n) is 4.36. The first-order chi connectivity index (χ1) is 7.77. The predicted molar refractivity (Wildman–Crippen MR) is 75.1 cm³/mol. The maximum absolute atomic E-state index is 3.60. The Kier molecular flexibility index (Phi) is 4.74. The zero-order chi connectivity index (χ0) is 11.4. The third kappa shape index (κ3) is 3.79. The molecule has 0 aromatic heterocycles. The second-order valence-corrected chi connectivity index (χ2v) is 6.35. The zero-order valence-corrected chi connectivity index (χ0v) is 12.0. The van der Waals surface area contributed by atoms with E-state index in [9.17, 15) is 0 Å². The van der Waals surface area contributed by atoms with Crippen molar-refractivity contribution in [2.75, 3.05) is 12.3 Å². The lowest BCUT2D eigenvalue weighted by Crippen LogP contribution is -2.29. The first kappa shape index (κ1) is 12.5. The van der Waals surface area contributed by atoms with Crippen LogP contribution in [-0.2, 0) is 0 Å². The van der Waals surface area contributed by atoms with Gasteiger partial charge in [-0.25, -0.2) is 0 Å². The molecular weight excluding hydrogens is 282 g/mol. The van der Waals surface area contributed by atoms with Crippen LogP contribution in [0.4, 0.5) is 0 Å². The van der Waals surface area contributed by atoms with Crippen molar-refractivity contribution < 1.29 is 0 Å². The van der Waals surface area contributed by atoms with Crippen LogP contribution in [0.1, 0.15) is 19.8 Å². The molecule has 16 heavy (non-hydrogen) atoms. The highest BCUT2D eigenvalue weighted by atomic mass is 79.9. The van der Waals surface area contributed by atoms with Crippen molar-refractivity contribution in [1.29, 1.82) is 0 Å². The van der Waals surface area contributed by atoms with Crippen molar-refractivity contribution >= 4 is 27.7 Å². The van der Waals surface area contributed by atoms with E-state index in [2.05, 4.69) is 52.4 Å². The minimum atomic E-state index is 0.708. The molecular formula is C13H18BrNS. The highest BCUT2D eigenvalue weighted by Gasteiger charge is 2.27. The molecule has 1 aliphatic rings. The number of rotatable bonds is 6. The molecule has 0 radical (unpaired) electrons. The van der Waals surface area contributed by atoms with Gasteiger partial charge in [-0.1, -0.05) is 12.1 Å². The van der Waals surface area contributed by atoms with Crippen molar-refractivity contribution in [3.63, 3.8) is 0 Å². The lowest BCUT2D eigenvalue weighted by atomic mass is 10.2. The maximum Gasteiger partial charge on any atom is 0.0311 e. The van der Waals surface area contributed by atoms with Crippen LogP contribution < -0.4 is 5.32 Å². The number of hydrogen-bond acceptors (Lipinski definition) is 2. The van der Waals surface area contributed by atoms with E-state index < -0.39 is 0 Å². The van der Waals surface area contributed by atoms with Crippen LogP contribution >= 0.6 is 27.7 Å². The summed E-state index contributed by atoms with van der Waals surface area (Å²) in [6.07, 6.45) is 2.84. The molecule has 0 amide bonds. The second kappa shape index (κ2) is 6.08. The van der Waals surface area contributed by atoms with Gasteiger partial charge in [0.05, 0.1) is 0 Å². The largest absolute Gasteiger partial charge is 0.313 e. The van der Waals surface area contributed by atoms with Gasteiger partial charge < -0.3 is 5.32 Å². The predicted octanol–water partition coefficient (Wildman–Crippen LogP) is 3.93. The topological polar surface area (TPSA) is 12.0 Å². The molecule has 1 nitrogen and oxygen atoms in total. The number of halogens is 1. The Morgan fingerprint density at radius 2 is 2.19 bits per heavy atom. The lowest BCUT2D eigenvalue weighted by Gasteiger charge is -2.12. The molecule has 1 aromatic carbocycles. The van der Waals surface area contributed by atoms with Gasteiger partial charge in [0.2, 0.25) is 0 Å². The van der Waals surface area contributed by atoms with Crippen LogP contribution in [-0.4, -0.2) is 18.3 Å². The van der Waals surface area contributed by atoms with Crippen molar-refractivity contribution in [3.8, 4) is 0 Å². The monoisotopic (exact) mass is 299 g/mol. The number of nitrogens with one attached hydrogen (secondary N) is 1. The van der Waals surface area contributed by atoms with E-state index in [-0.39, 0.29) is 0 Å². The van der Waals surface area contributed by atoms with Gasteiger partial charge in [0, 0.05) is 27.7 Å². The molecule has 1 saturated carbocycles. The fraction of sp³-hybridized carbons (Fsp3) is 0.538. The average molecular weight is 300 g/mol. The van der Waals surface area contributed by atoms with Crippen molar-refractivity contribution in [3.05, 3.63) is 28.7 Å². The van der Waals surface area contributed by atoms with E-state index in [1.54, 1.807) is 0 Å². The molecule has 3 heteroatoms. The molecule has 1 aromatic rings. The smallest absolute Gasteiger partial charge is 0.0311 e. The highest BCUT2D eigenvalue weighted by molar-refractivity contribution is 9.10. The Labute approximate surface area is 111 Å². The number of benzene rings is 1. The Bertz CT molecular complexity index is 338. The van der Waals surface area contributed by atoms with E-state index in [0.29, 0.717) is 6.04 Å². The summed E-state index contributed by atoms with van der Waals surface area (Å²) in [7, 11) is 0. The molecule has 0 saturated heterocycles. The fourth-order valence-electron chi connectivity index (χ4n) is 1.77. The zero-order valence-electron chi connectivity index (χ0n) is 9.58. The maximum atomic E-state index is 3.60. The van der Waals surface area contributed by atoms with Crippen LogP contribution in [0.2, 0.25) is 0 Å². The summed E-state index contributed by atoms with van der Waals surface area (Å²) < 4.78 is 1.20. The first-order valence-corrected chi connectivity index (χ1v) is 7.66. The summed E-state index contributed by atoms with van der Waals surface area (Å²) in [5, 5.41) is 3.60. The van der Waals surface area contributed by atoms with Crippen LogP contribution in [0.15, 0.2) is 33.6 Å². The third-order valence-corrected chi connectivity index (χ3v) is 5.02. The average Bonchev–Trinajstić information content (AvgIpc) is 3.10. The Morgan fingerprint density at radius 3 is 2.88 bits per heavy atom. The summed E-state index contributed by atoms with van der Waals surface area (Å²) in [5.74, 6) is 2.09. The Hall–Kier alpha value is 0.01000. The SMILES string of the molecule is CC(NCCSc1ccccc1Br)C1CC1. The van der Waals surface area contributed by atoms with Crippen LogP contribution in [0, 0.1) is 5.92 Å². The van der Waals surface area contributed by atoms with Gasteiger partial charge in [0.1, 0.15) is 0 Å². The van der Waals surface area contributed by atoms with Crippen molar-refractivity contribution in [2.24, 2.45) is 5.92 Å². The van der Waals surface area contributed by atoms with Gasteiger partial charge in [-0.2, -0.15) is 0 Å². The van der Waals surface area contributed by atoms with Gasteiger partial charge in [0.15, 0.2) is 0 Å². The summed E-state index contributed by atoms with van der Waals surface area (Å²) in [6, 6.07) is 9.12. The van der Waals surface area contributed by atoms with E-state index in [4.69, 9.17) is 0 Å². The lowest BCUT2D eigenvalue weighted by molar-refractivity contribution is 0.514. The molecule has 88 valence electrons. The molecule has 1 fully saturated rings. The molecule has 1 aliphatic carbocycles.